The Kier molecular flexibility index (Phi) is 9.83. The molecule has 0 amide bonds. The molecule has 5 heteroatoms. The smallest absolute Gasteiger partial charge is 0.128 e. The second-order valence-corrected chi connectivity index (χ2v) is 12.5. The molecule has 3 rings (SSSR count). The number of phenols is 2. The van der Waals surface area contributed by atoms with Crippen LogP contribution in [0.2, 0.25) is 0 Å². The molecule has 0 saturated heterocycles. The summed E-state index contributed by atoms with van der Waals surface area (Å²) in [7, 11) is 1.62. The summed E-state index contributed by atoms with van der Waals surface area (Å²) in [5, 5.41) is 22.3. The van der Waals surface area contributed by atoms with Crippen molar-refractivity contribution in [2.24, 2.45) is 9.98 Å². The van der Waals surface area contributed by atoms with Crippen LogP contribution in [0.5, 0.6) is 17.2 Å². The van der Waals surface area contributed by atoms with E-state index in [-0.39, 0.29) is 22.3 Å². The van der Waals surface area contributed by atoms with E-state index >= 15 is 0 Å². The minimum Gasteiger partial charge on any atom is -0.507 e. The highest BCUT2D eigenvalue weighted by Gasteiger charge is 2.22. The van der Waals surface area contributed by atoms with E-state index in [1.807, 2.05) is 30.3 Å². The molecule has 0 saturated carbocycles. The zero-order valence-electron chi connectivity index (χ0n) is 25.7. The van der Waals surface area contributed by atoms with Crippen molar-refractivity contribution in [3.8, 4) is 17.2 Å². The van der Waals surface area contributed by atoms with Crippen molar-refractivity contribution < 1.29 is 14.9 Å². The molecule has 214 valence electrons. The van der Waals surface area contributed by atoms with Crippen LogP contribution in [0.15, 0.2) is 52.4 Å². The van der Waals surface area contributed by atoms with Gasteiger partial charge in [0.2, 0.25) is 0 Å². The van der Waals surface area contributed by atoms with E-state index in [1.54, 1.807) is 19.5 Å². The number of nitrogens with zero attached hydrogens (tertiary/aromatic N) is 2. The molecule has 2 N–H and O–H groups in total. The number of ether oxygens (including phenoxy) is 1. The molecule has 0 aliphatic rings. The maximum atomic E-state index is 11.1. The molecular formula is C35H46N2O3. The zero-order chi connectivity index (χ0) is 29.7. The number of hydrogen-bond acceptors (Lipinski definition) is 5. The first-order valence-electron chi connectivity index (χ1n) is 14.3. The normalized spacial score (nSPS) is 12.5. The minimum absolute atomic E-state index is 0.202. The minimum atomic E-state index is -0.206. The number of benzene rings is 3. The molecule has 3 aromatic carbocycles. The molecule has 3 aromatic rings. The van der Waals surface area contributed by atoms with Crippen LogP contribution in [-0.2, 0) is 23.7 Å². The van der Waals surface area contributed by atoms with Gasteiger partial charge in [-0.1, -0.05) is 80.4 Å². The Bertz CT molecular complexity index is 1390. The third-order valence-electron chi connectivity index (χ3n) is 6.96. The fraction of sp³-hybridized carbons (Fsp3) is 0.429. The molecule has 0 aliphatic heterocycles. The van der Waals surface area contributed by atoms with E-state index in [4.69, 9.17) is 14.7 Å². The number of phenolic OH excluding ortho intramolecular Hbond substituents is 2. The molecule has 0 radical (unpaired) electrons. The SMILES string of the molecule is CCCc1cc(C=Nc2ccc(OC)cc2N=Cc2cc(CCC)cc(C(C)(C)C)c2O)c(O)c(C(C)(C)C)c1. The number of aryl methyl sites for hydroxylation is 2. The first kappa shape index (κ1) is 30.9. The lowest BCUT2D eigenvalue weighted by molar-refractivity contribution is 0.415. The fourth-order valence-corrected chi connectivity index (χ4v) is 4.77. The molecule has 0 atom stereocenters. The van der Waals surface area contributed by atoms with Crippen molar-refractivity contribution >= 4 is 23.8 Å². The summed E-state index contributed by atoms with van der Waals surface area (Å²) >= 11 is 0. The van der Waals surface area contributed by atoms with Gasteiger partial charge >= 0.3 is 0 Å². The predicted molar refractivity (Wildman–Crippen MR) is 169 cm³/mol. The predicted octanol–water partition coefficient (Wildman–Crippen LogP) is 9.11. The van der Waals surface area contributed by atoms with E-state index < -0.39 is 0 Å². The average Bonchev–Trinajstić information content (AvgIpc) is 2.88. The maximum absolute atomic E-state index is 11.1. The van der Waals surface area contributed by atoms with Crippen molar-refractivity contribution in [1.29, 1.82) is 0 Å². The van der Waals surface area contributed by atoms with Gasteiger partial charge in [0.15, 0.2) is 0 Å². The van der Waals surface area contributed by atoms with Crippen LogP contribution < -0.4 is 4.74 Å². The lowest BCUT2D eigenvalue weighted by Gasteiger charge is -2.22. The summed E-state index contributed by atoms with van der Waals surface area (Å²) in [6.45, 7) is 16.9. The van der Waals surface area contributed by atoms with Crippen molar-refractivity contribution in [1.82, 2.24) is 0 Å². The van der Waals surface area contributed by atoms with E-state index in [0.29, 0.717) is 28.3 Å². The van der Waals surface area contributed by atoms with Gasteiger partial charge in [0.1, 0.15) is 17.2 Å². The van der Waals surface area contributed by atoms with Gasteiger partial charge in [-0.2, -0.15) is 0 Å². The quantitative estimate of drug-likeness (QED) is 0.265. The molecule has 0 heterocycles. The summed E-state index contributed by atoms with van der Waals surface area (Å²) in [5.74, 6) is 1.16. The van der Waals surface area contributed by atoms with Gasteiger partial charge in [0.05, 0.1) is 18.5 Å². The number of aromatic hydroxyl groups is 2. The Labute approximate surface area is 240 Å². The third-order valence-corrected chi connectivity index (χ3v) is 6.96. The van der Waals surface area contributed by atoms with Crippen LogP contribution >= 0.6 is 0 Å². The summed E-state index contributed by atoms with van der Waals surface area (Å²) in [4.78, 5) is 9.53. The highest BCUT2D eigenvalue weighted by molar-refractivity contribution is 5.90. The lowest BCUT2D eigenvalue weighted by atomic mass is 9.83. The van der Waals surface area contributed by atoms with Crippen molar-refractivity contribution in [3.05, 3.63) is 75.8 Å². The number of aliphatic imine (C=N–C) groups is 2. The van der Waals surface area contributed by atoms with Crippen LogP contribution in [0.25, 0.3) is 0 Å². The average molecular weight is 543 g/mol. The van der Waals surface area contributed by atoms with E-state index in [2.05, 4.69) is 67.5 Å². The van der Waals surface area contributed by atoms with Gasteiger partial charge in [-0.05, 0) is 59.1 Å². The second-order valence-electron chi connectivity index (χ2n) is 12.5. The van der Waals surface area contributed by atoms with Crippen LogP contribution in [0.1, 0.15) is 102 Å². The molecule has 0 spiro atoms. The molecule has 0 bridgehead atoms. The fourth-order valence-electron chi connectivity index (χ4n) is 4.77. The highest BCUT2D eigenvalue weighted by Crippen LogP contribution is 2.37. The summed E-state index contributed by atoms with van der Waals surface area (Å²) in [6.07, 6.45) is 7.31. The highest BCUT2D eigenvalue weighted by atomic mass is 16.5. The largest absolute Gasteiger partial charge is 0.507 e. The number of hydrogen-bond donors (Lipinski definition) is 2. The molecule has 40 heavy (non-hydrogen) atoms. The van der Waals surface area contributed by atoms with Crippen LogP contribution in [0, 0.1) is 0 Å². The van der Waals surface area contributed by atoms with Crippen molar-refractivity contribution in [2.75, 3.05) is 7.11 Å². The summed E-state index contributed by atoms with van der Waals surface area (Å²) in [5.41, 5.74) is 6.35. The summed E-state index contributed by atoms with van der Waals surface area (Å²) < 4.78 is 5.46. The molecule has 0 aromatic heterocycles. The van der Waals surface area contributed by atoms with Gasteiger partial charge in [0.25, 0.3) is 0 Å². The Balaban J connectivity index is 2.10. The summed E-state index contributed by atoms with van der Waals surface area (Å²) in [6, 6.07) is 13.7. The van der Waals surface area contributed by atoms with Crippen LogP contribution in [-0.4, -0.2) is 29.8 Å². The monoisotopic (exact) mass is 542 g/mol. The Morgan fingerprint density at radius 2 is 1.12 bits per heavy atom. The lowest BCUT2D eigenvalue weighted by Crippen LogP contribution is -2.13. The third kappa shape index (κ3) is 7.53. The van der Waals surface area contributed by atoms with Gasteiger partial charge in [-0.25, -0.2) is 0 Å². The standard InChI is InChI=1S/C35H46N2O3/c1-10-12-23-16-25(32(38)28(18-23)34(3,4)5)21-36-30-15-14-27(40-9)20-31(30)37-22-26-17-24(13-11-2)19-29(33(26)39)35(6,7)8/h14-22,38-39H,10-13H2,1-9H3. The molecule has 0 fully saturated rings. The first-order chi connectivity index (χ1) is 18.8. The van der Waals surface area contributed by atoms with Gasteiger partial charge in [-0.3, -0.25) is 9.98 Å². The van der Waals surface area contributed by atoms with Gasteiger partial charge in [-0.15, -0.1) is 0 Å². The van der Waals surface area contributed by atoms with E-state index in [0.717, 1.165) is 36.8 Å². The molecular weight excluding hydrogens is 496 g/mol. The number of rotatable bonds is 9. The van der Waals surface area contributed by atoms with Gasteiger partial charge < -0.3 is 14.9 Å². The molecule has 0 unspecified atom stereocenters. The van der Waals surface area contributed by atoms with Crippen LogP contribution in [0.3, 0.4) is 0 Å². The van der Waals surface area contributed by atoms with E-state index in [1.165, 1.54) is 11.1 Å². The molecule has 5 nitrogen and oxygen atoms in total. The van der Waals surface area contributed by atoms with Crippen molar-refractivity contribution in [3.63, 3.8) is 0 Å². The van der Waals surface area contributed by atoms with Crippen LogP contribution in [0.4, 0.5) is 11.4 Å². The maximum Gasteiger partial charge on any atom is 0.128 e. The zero-order valence-corrected chi connectivity index (χ0v) is 25.7. The van der Waals surface area contributed by atoms with Crippen molar-refractivity contribution in [2.45, 2.75) is 91.9 Å². The number of methoxy groups -OCH3 is 1. The topological polar surface area (TPSA) is 74.4 Å². The Morgan fingerprint density at radius 1 is 0.675 bits per heavy atom. The Hall–Kier alpha value is -3.60. The molecule has 0 aliphatic carbocycles. The van der Waals surface area contributed by atoms with Gasteiger partial charge in [0, 0.05) is 40.7 Å². The first-order valence-corrected chi connectivity index (χ1v) is 14.3. The Morgan fingerprint density at radius 3 is 1.52 bits per heavy atom. The van der Waals surface area contributed by atoms with E-state index in [9.17, 15) is 10.2 Å². The second kappa shape index (κ2) is 12.7.